The third-order valence-electron chi connectivity index (χ3n) is 18.3. The molecule has 39 atom stereocenters. The molecule has 46 heteroatoms. The normalized spacial score (nSPS) is 44.0. The average Bonchev–Trinajstić information content (AvgIpc) is 0.773. The summed E-state index contributed by atoms with van der Waals surface area (Å²) in [5.74, 6) is -4.21. The molecule has 7 saturated heterocycles. The van der Waals surface area contributed by atoms with Crippen LogP contribution in [-0.4, -0.2) is 440 Å². The summed E-state index contributed by atoms with van der Waals surface area (Å²) in [5, 5.41) is 255. The molecule has 7 heterocycles. The van der Waals surface area contributed by atoms with Crippen molar-refractivity contribution in [2.45, 2.75) is 274 Å². The van der Waals surface area contributed by atoms with Crippen molar-refractivity contribution in [3.63, 3.8) is 0 Å². The SMILES string of the molecule is CC(=O)N[C@H]1[C@H](O[C@@H]([C@H](O)[C@H](CO)NC(C)=O)[C@H](O)CO)O[C@H](CO)[C@@H](O[C@@H]2O[C@H](CO[C@H]3O[C@H](CO[C@@H]4O[C@H](CO)[C@@H](O)[C@H](O)[C@H]4NC(C)=O)[C@@H](O)[C@H](O)[C@@H]3O[C@@H]3O[C@H](CO)[C@@H](O)[C@H](O)[C@H]3NC(C)=O)[C@@H](O)[C@H](O[C@H]3O[C@H](CO)[C@@H](O[C@@H]4O[C@H](CO)[C@@H](O)[C@H](O)[C@H]4NC(C)=O)[C@H](O)[C@@H]3O)[C@@H]2O)[C@@H]1O. The van der Waals surface area contributed by atoms with E-state index in [0.717, 1.165) is 34.6 Å². The Morgan fingerprint density at radius 1 is 0.327 bits per heavy atom. The molecule has 7 aliphatic rings. The number of rotatable bonds is 31. The van der Waals surface area contributed by atoms with Gasteiger partial charge in [0.25, 0.3) is 0 Å². The molecule has 0 aromatic carbocycles. The summed E-state index contributed by atoms with van der Waals surface area (Å²) >= 11 is 0. The lowest BCUT2D eigenvalue weighted by Gasteiger charge is -2.50. The molecule has 7 fully saturated rings. The Morgan fingerprint density at radius 2 is 0.663 bits per heavy atom. The molecule has 46 nitrogen and oxygen atoms in total. The molecule has 0 radical (unpaired) electrons. The number of aliphatic hydroxyl groups is 22. The largest absolute Gasteiger partial charge is 0.394 e. The summed E-state index contributed by atoms with van der Waals surface area (Å²) in [6.45, 7) is -4.60. The summed E-state index contributed by atoms with van der Waals surface area (Å²) in [4.78, 5) is 62.0. The highest BCUT2D eigenvalue weighted by Crippen LogP contribution is 2.38. The number of amides is 5. The highest BCUT2D eigenvalue weighted by molar-refractivity contribution is 5.75. The Balaban J connectivity index is 1.26. The van der Waals surface area contributed by atoms with Crippen molar-refractivity contribution in [2.75, 3.05) is 59.5 Å². The van der Waals surface area contributed by atoms with E-state index < -0.39 is 328 Å². The maximum Gasteiger partial charge on any atom is 0.217 e. The van der Waals surface area contributed by atoms with E-state index in [0.29, 0.717) is 0 Å². The van der Waals surface area contributed by atoms with E-state index in [2.05, 4.69) is 26.6 Å². The Labute approximate surface area is 590 Å². The molecule has 104 heavy (non-hydrogen) atoms. The van der Waals surface area contributed by atoms with Gasteiger partial charge in [-0.25, -0.2) is 0 Å². The molecule has 27 N–H and O–H groups in total. The van der Waals surface area contributed by atoms with Crippen LogP contribution in [0.15, 0.2) is 0 Å². The maximum absolute atomic E-state index is 12.9. The molecule has 602 valence electrons. The Morgan fingerprint density at radius 3 is 1.11 bits per heavy atom. The topological polar surface area (TPSA) is 720 Å². The van der Waals surface area contributed by atoms with Crippen molar-refractivity contribution in [2.24, 2.45) is 0 Å². The minimum atomic E-state index is -2.51. The Bertz CT molecular complexity index is 2710. The van der Waals surface area contributed by atoms with Gasteiger partial charge in [0, 0.05) is 34.6 Å². The van der Waals surface area contributed by atoms with Crippen LogP contribution < -0.4 is 26.6 Å². The lowest BCUT2D eigenvalue weighted by molar-refractivity contribution is -0.391. The van der Waals surface area contributed by atoms with Gasteiger partial charge in [-0.15, -0.1) is 0 Å². The van der Waals surface area contributed by atoms with Gasteiger partial charge in [0.2, 0.25) is 29.5 Å². The van der Waals surface area contributed by atoms with Crippen LogP contribution in [0.1, 0.15) is 34.6 Å². The maximum atomic E-state index is 12.9. The quantitative estimate of drug-likeness (QED) is 0.0306. The zero-order chi connectivity index (χ0) is 77.2. The molecule has 0 aromatic rings. The lowest BCUT2D eigenvalue weighted by atomic mass is 9.94. The van der Waals surface area contributed by atoms with E-state index in [9.17, 15) is 136 Å². The van der Waals surface area contributed by atoms with E-state index in [4.69, 9.17) is 66.3 Å². The fraction of sp³-hybridized carbons (Fsp3) is 0.914. The van der Waals surface area contributed by atoms with Gasteiger partial charge >= 0.3 is 0 Å². The predicted octanol–water partition coefficient (Wildman–Crippen LogP) is -18.1. The minimum Gasteiger partial charge on any atom is -0.394 e. The number of aliphatic hydroxyl groups excluding tert-OH is 22. The molecule has 7 rings (SSSR count). The Kier molecular flexibility index (Phi) is 32.7. The summed E-state index contributed by atoms with van der Waals surface area (Å²) in [6, 6.07) is -8.61. The molecule has 0 bridgehead atoms. The minimum absolute atomic E-state index is 0.784. The zero-order valence-corrected chi connectivity index (χ0v) is 56.5. The van der Waals surface area contributed by atoms with Gasteiger partial charge in [-0.2, -0.15) is 0 Å². The van der Waals surface area contributed by atoms with Crippen molar-refractivity contribution < 1.29 is 203 Å². The van der Waals surface area contributed by atoms with Crippen molar-refractivity contribution in [1.82, 2.24) is 26.6 Å². The number of carbonyl (C=O) groups excluding carboxylic acids is 5. The molecule has 0 saturated carbocycles. The highest BCUT2D eigenvalue weighted by atomic mass is 16.8. The van der Waals surface area contributed by atoms with Crippen molar-refractivity contribution >= 4 is 29.5 Å². The molecule has 0 aromatic heterocycles. The van der Waals surface area contributed by atoms with Gasteiger partial charge in [-0.1, -0.05) is 0 Å². The van der Waals surface area contributed by atoms with Crippen LogP contribution >= 0.6 is 0 Å². The smallest absolute Gasteiger partial charge is 0.217 e. The zero-order valence-electron chi connectivity index (χ0n) is 56.5. The van der Waals surface area contributed by atoms with Crippen molar-refractivity contribution in [3.8, 4) is 0 Å². The van der Waals surface area contributed by atoms with Gasteiger partial charge in [-0.3, -0.25) is 24.0 Å². The lowest BCUT2D eigenvalue weighted by Crippen LogP contribution is -2.70. The second kappa shape index (κ2) is 39.0. The summed E-state index contributed by atoms with van der Waals surface area (Å²) in [5.41, 5.74) is 0. The predicted molar refractivity (Wildman–Crippen MR) is 325 cm³/mol. The molecule has 0 unspecified atom stereocenters. The van der Waals surface area contributed by atoms with Gasteiger partial charge in [-0.05, 0) is 0 Å². The first-order chi connectivity index (χ1) is 49.1. The van der Waals surface area contributed by atoms with Crippen molar-refractivity contribution in [1.29, 1.82) is 0 Å². The van der Waals surface area contributed by atoms with E-state index in [-0.39, 0.29) is 0 Å². The van der Waals surface area contributed by atoms with E-state index >= 15 is 0 Å². The third kappa shape index (κ3) is 20.5. The molecule has 5 amide bonds. The summed E-state index contributed by atoms with van der Waals surface area (Å²) in [6.07, 6.45) is -70.3. The van der Waals surface area contributed by atoms with Crippen LogP contribution in [0.5, 0.6) is 0 Å². The van der Waals surface area contributed by atoms with Crippen molar-refractivity contribution in [3.05, 3.63) is 0 Å². The molecule has 0 aliphatic carbocycles. The monoisotopic (exact) mass is 1520 g/mol. The second-order valence-corrected chi connectivity index (χ2v) is 25.9. The summed E-state index contributed by atoms with van der Waals surface area (Å²) in [7, 11) is 0. The van der Waals surface area contributed by atoms with Crippen LogP contribution in [0.4, 0.5) is 0 Å². The molecule has 7 aliphatic heterocycles. The Hall–Kier alpha value is -4.09. The van der Waals surface area contributed by atoms with Crippen LogP contribution in [0.25, 0.3) is 0 Å². The number of ether oxygens (including phenoxy) is 14. The van der Waals surface area contributed by atoms with Gasteiger partial charge in [0.1, 0.15) is 189 Å². The first-order valence-electron chi connectivity index (χ1n) is 33.0. The highest BCUT2D eigenvalue weighted by Gasteiger charge is 2.59. The first kappa shape index (κ1) is 87.1. The fourth-order valence-corrected chi connectivity index (χ4v) is 12.9. The van der Waals surface area contributed by atoms with E-state index in [1.807, 2.05) is 0 Å². The number of hydrogen-bond acceptors (Lipinski definition) is 41. The number of nitrogens with one attached hydrogen (secondary N) is 5. The summed E-state index contributed by atoms with van der Waals surface area (Å²) < 4.78 is 83.0. The third-order valence-corrected chi connectivity index (χ3v) is 18.3. The molecule has 0 spiro atoms. The molecular weight excluding hydrogens is 1420 g/mol. The first-order valence-corrected chi connectivity index (χ1v) is 33.0. The number of carbonyl (C=O) groups is 5. The molecular formula is C58H99N5O41. The van der Waals surface area contributed by atoms with E-state index in [1.54, 1.807) is 0 Å². The number of hydrogen-bond donors (Lipinski definition) is 27. The van der Waals surface area contributed by atoms with Crippen LogP contribution in [0, 0.1) is 0 Å². The fourth-order valence-electron chi connectivity index (χ4n) is 12.9. The van der Waals surface area contributed by atoms with Crippen LogP contribution in [0.3, 0.4) is 0 Å². The van der Waals surface area contributed by atoms with Gasteiger partial charge in [0.05, 0.1) is 65.5 Å². The van der Waals surface area contributed by atoms with Gasteiger partial charge < -0.3 is 205 Å². The average molecular weight is 1520 g/mol. The van der Waals surface area contributed by atoms with E-state index in [1.165, 1.54) is 0 Å². The standard InChI is InChI=1S/C58H99N5O41/c1-15(71)59-20(6-64)33(77)47(21(76)7-65)100-55-32(63-19(5)75)42(86)48(25(11-69)96-55)102-57-46(90)50(103-56-45(89)44(88)49(26(12-70)97-56)101-53-30(61-17(3)73)40(84)35(79)23(9-67)94-53)38(82)28(98-57)14-92-58-51(104-54-31(62-18(4)74)41(85)36(80)24(10-68)95-54)43(87)37(81)27(99-58)13-91-52-29(60-16(2)72)39(83)34(78)22(8-66)93-52/h20-58,64-70,76-90H,6-14H2,1-5H3,(H,59,71)(H,60,72)(H,61,73)(H,62,74)(H,63,75)/t20-,21+,22+,23+,24+,25+,26+,27+,28+,29+,30+,31+,32+,33+,34+,35+,36+,37+,38+,39+,40+,41+,42+,43-,44+,45-,46-,47+,48+,49+,50-,51-,52+,53-,54-,55-,56+,57-,58-/m0/s1. The second-order valence-electron chi connectivity index (χ2n) is 25.9. The van der Waals surface area contributed by atoms with Crippen LogP contribution in [-0.2, 0) is 90.3 Å². The van der Waals surface area contributed by atoms with Gasteiger partial charge in [0.15, 0.2) is 44.0 Å². The van der Waals surface area contributed by atoms with Crippen LogP contribution in [0.2, 0.25) is 0 Å².